The van der Waals surface area contributed by atoms with Crippen molar-refractivity contribution in [3.8, 4) is 5.75 Å². The molecule has 0 aliphatic rings. The number of amidine groups is 2. The summed E-state index contributed by atoms with van der Waals surface area (Å²) in [7, 11) is -7.33. The van der Waals surface area contributed by atoms with Crippen molar-refractivity contribution >= 4 is 44.1 Å². The van der Waals surface area contributed by atoms with Gasteiger partial charge in [0.05, 0.1) is 18.1 Å². The Balaban J connectivity index is 0.000000752. The van der Waals surface area contributed by atoms with Gasteiger partial charge in [0.25, 0.3) is 20.2 Å². The van der Waals surface area contributed by atoms with Crippen LogP contribution < -0.4 is 11.5 Å². The number of nitrogens with one attached hydrogen (secondary N) is 2. The first-order valence-corrected chi connectivity index (χ1v) is 11.8. The summed E-state index contributed by atoms with van der Waals surface area (Å²) in [5, 5.41) is 24.4. The van der Waals surface area contributed by atoms with Crippen molar-refractivity contribution in [1.29, 1.82) is 10.8 Å². The van der Waals surface area contributed by atoms with Gasteiger partial charge in [-0.3, -0.25) is 19.9 Å². The molecular formula is C18H24N4O7S2. The first-order valence-electron chi connectivity index (χ1n) is 8.12. The van der Waals surface area contributed by atoms with E-state index < -0.39 is 20.2 Å². The van der Waals surface area contributed by atoms with Crippen LogP contribution in [0.4, 0.5) is 0 Å². The normalized spacial score (nSPS) is 11.0. The van der Waals surface area contributed by atoms with Crippen LogP contribution >= 0.6 is 0 Å². The molecule has 0 aliphatic carbocycles. The lowest BCUT2D eigenvalue weighted by Gasteiger charge is -2.03. The first kappa shape index (κ1) is 27.7. The van der Waals surface area contributed by atoms with Crippen molar-refractivity contribution in [3.63, 3.8) is 0 Å². The van der Waals surface area contributed by atoms with Gasteiger partial charge in [-0.1, -0.05) is 42.5 Å². The second kappa shape index (κ2) is 11.8. The Bertz CT molecular complexity index is 1110. The monoisotopic (exact) mass is 472 g/mol. The predicted octanol–water partition coefficient (Wildman–Crippen LogP) is 1.14. The smallest absolute Gasteiger partial charge is 0.261 e. The number of nitrogens with two attached hydrogens (primary N) is 2. The summed E-state index contributed by atoms with van der Waals surface area (Å²) in [5.41, 5.74) is 13.5. The van der Waals surface area contributed by atoms with Crippen molar-refractivity contribution in [2.75, 3.05) is 12.5 Å². The summed E-state index contributed by atoms with van der Waals surface area (Å²) in [6, 6.07) is 12.2. The Morgan fingerprint density at radius 2 is 1.19 bits per heavy atom. The molecule has 31 heavy (non-hydrogen) atoms. The number of nitrogen functional groups attached to an aromatic ring is 2. The zero-order valence-corrected chi connectivity index (χ0v) is 18.3. The van der Waals surface area contributed by atoms with Crippen molar-refractivity contribution in [1.82, 2.24) is 0 Å². The maximum atomic E-state index is 9.76. The van der Waals surface area contributed by atoms with Gasteiger partial charge in [-0.25, -0.2) is 0 Å². The van der Waals surface area contributed by atoms with Crippen LogP contribution in [0.5, 0.6) is 5.75 Å². The van der Waals surface area contributed by atoms with Crippen molar-refractivity contribution in [2.24, 2.45) is 11.5 Å². The molecule has 2 aromatic rings. The van der Waals surface area contributed by atoms with Crippen molar-refractivity contribution in [2.45, 2.75) is 0 Å². The molecule has 0 saturated carbocycles. The van der Waals surface area contributed by atoms with Crippen molar-refractivity contribution < 1.29 is 31.0 Å². The fourth-order valence-corrected chi connectivity index (χ4v) is 1.85. The molecule has 0 amide bonds. The highest BCUT2D eigenvalue weighted by molar-refractivity contribution is 7.85. The molecule has 0 unspecified atom stereocenters. The van der Waals surface area contributed by atoms with Gasteiger partial charge < -0.3 is 16.6 Å². The zero-order chi connectivity index (χ0) is 24.4. The van der Waals surface area contributed by atoms with Gasteiger partial charge in [0.1, 0.15) is 17.4 Å². The van der Waals surface area contributed by atoms with Crippen LogP contribution in [0.15, 0.2) is 42.5 Å². The highest BCUT2D eigenvalue weighted by atomic mass is 32.2. The van der Waals surface area contributed by atoms with E-state index in [9.17, 15) is 21.9 Å². The molecule has 0 saturated heterocycles. The Morgan fingerprint density at radius 1 is 0.806 bits per heavy atom. The minimum absolute atomic E-state index is 0.0171. The molecule has 0 radical (unpaired) electrons. The molecule has 0 aliphatic heterocycles. The molecular weight excluding hydrogens is 448 g/mol. The van der Waals surface area contributed by atoms with Crippen LogP contribution in [0.25, 0.3) is 12.2 Å². The van der Waals surface area contributed by atoms with E-state index in [0.717, 1.165) is 11.1 Å². The molecule has 0 atom stereocenters. The van der Waals surface area contributed by atoms with Gasteiger partial charge in [-0.15, -0.1) is 0 Å². The summed E-state index contributed by atoms with van der Waals surface area (Å²) in [4.78, 5) is 0. The van der Waals surface area contributed by atoms with E-state index in [-0.39, 0.29) is 17.4 Å². The fourth-order valence-electron chi connectivity index (χ4n) is 1.85. The molecule has 0 bridgehead atoms. The Hall–Kier alpha value is -3.26. The van der Waals surface area contributed by atoms with E-state index in [4.69, 9.17) is 31.4 Å². The third-order valence-electron chi connectivity index (χ3n) is 3.00. The number of phenolic OH excluding ortho intramolecular Hbond substituents is 1. The molecule has 0 fully saturated rings. The minimum Gasteiger partial charge on any atom is -0.507 e. The number of aromatic hydroxyl groups is 1. The van der Waals surface area contributed by atoms with E-state index in [1.807, 2.05) is 24.3 Å². The number of hydrogen-bond acceptors (Lipinski definition) is 7. The lowest BCUT2D eigenvalue weighted by Crippen LogP contribution is -2.10. The Labute approximate surface area is 180 Å². The first-order chi connectivity index (χ1) is 14.0. The highest BCUT2D eigenvalue weighted by Crippen LogP contribution is 2.20. The minimum atomic E-state index is -3.67. The predicted molar refractivity (Wildman–Crippen MR) is 120 cm³/mol. The topological polar surface area (TPSA) is 229 Å². The lowest BCUT2D eigenvalue weighted by atomic mass is 10.1. The second-order valence-corrected chi connectivity index (χ2v) is 8.96. The average molecular weight is 473 g/mol. The van der Waals surface area contributed by atoms with Gasteiger partial charge in [-0.05, 0) is 23.3 Å². The molecule has 13 heteroatoms. The third kappa shape index (κ3) is 15.3. The Kier molecular flexibility index (Phi) is 10.6. The van der Waals surface area contributed by atoms with E-state index in [1.54, 1.807) is 30.3 Å². The van der Waals surface area contributed by atoms with Gasteiger partial charge in [0.15, 0.2) is 0 Å². The van der Waals surface area contributed by atoms with Crippen LogP contribution in [0.1, 0.15) is 22.3 Å². The van der Waals surface area contributed by atoms with Crippen LogP contribution in [-0.4, -0.2) is 55.2 Å². The van der Waals surface area contributed by atoms with Gasteiger partial charge in [0, 0.05) is 5.56 Å². The summed E-state index contributed by atoms with van der Waals surface area (Å²) >= 11 is 0. The molecule has 0 aromatic heterocycles. The third-order valence-corrected chi connectivity index (χ3v) is 3.00. The standard InChI is InChI=1S/C16H16N4O.2CH4O3S/c17-15(18)12-6-3-10(4-7-12)1-2-11-5-8-13(16(19)20)14(21)9-11;2*1-5(2,3)4/h1-9,21H,(H3,17,18)(H3,19,20);2*1H3,(H,2,3,4). The van der Waals surface area contributed by atoms with Crippen LogP contribution in [0.2, 0.25) is 0 Å². The molecule has 0 spiro atoms. The van der Waals surface area contributed by atoms with Crippen molar-refractivity contribution in [3.05, 3.63) is 64.7 Å². The summed E-state index contributed by atoms with van der Waals surface area (Å²) in [6.45, 7) is 0. The maximum absolute atomic E-state index is 9.76. The molecule has 170 valence electrons. The van der Waals surface area contributed by atoms with Crippen LogP contribution in [0, 0.1) is 10.8 Å². The summed E-state index contributed by atoms with van der Waals surface area (Å²) in [6.07, 6.45) is 5.15. The summed E-state index contributed by atoms with van der Waals surface area (Å²) in [5.74, 6) is -0.144. The molecule has 9 N–H and O–H groups in total. The molecule has 0 heterocycles. The molecule has 2 aromatic carbocycles. The van der Waals surface area contributed by atoms with E-state index in [0.29, 0.717) is 23.6 Å². The quantitative estimate of drug-likeness (QED) is 0.146. The molecule has 2 rings (SSSR count). The number of benzene rings is 2. The Morgan fingerprint density at radius 3 is 1.55 bits per heavy atom. The highest BCUT2D eigenvalue weighted by Gasteiger charge is 2.03. The van der Waals surface area contributed by atoms with Gasteiger partial charge >= 0.3 is 0 Å². The largest absolute Gasteiger partial charge is 0.507 e. The van der Waals surface area contributed by atoms with Crippen LogP contribution in [0.3, 0.4) is 0 Å². The lowest BCUT2D eigenvalue weighted by molar-refractivity contribution is 0.474. The van der Waals surface area contributed by atoms with E-state index in [1.165, 1.54) is 0 Å². The SMILES string of the molecule is CS(=O)(=O)O.CS(=O)(=O)O.N=C(N)c1ccc(C=Cc2ccc(C(=N)N)c(O)c2)cc1. The van der Waals surface area contributed by atoms with Crippen LogP contribution in [-0.2, 0) is 20.2 Å². The number of phenols is 1. The molecule has 11 nitrogen and oxygen atoms in total. The van der Waals surface area contributed by atoms with Gasteiger partial charge in [-0.2, -0.15) is 16.8 Å². The van der Waals surface area contributed by atoms with E-state index in [2.05, 4.69) is 0 Å². The average Bonchev–Trinajstić information content (AvgIpc) is 2.57. The second-order valence-electron chi connectivity index (χ2n) is 6.03. The fraction of sp³-hybridized carbons (Fsp3) is 0.111. The maximum Gasteiger partial charge on any atom is 0.261 e. The van der Waals surface area contributed by atoms with Gasteiger partial charge in [0.2, 0.25) is 0 Å². The van der Waals surface area contributed by atoms with E-state index >= 15 is 0 Å². The summed E-state index contributed by atoms with van der Waals surface area (Å²) < 4.78 is 51.7. The zero-order valence-electron chi connectivity index (χ0n) is 16.6. The number of rotatable bonds is 4. The number of hydrogen-bond donors (Lipinski definition) is 7.